The average Bonchev–Trinajstić information content (AvgIpc) is 3.17. The number of rotatable bonds is 6. The minimum absolute atomic E-state index is 0.178. The topological polar surface area (TPSA) is 69.2 Å². The maximum atomic E-state index is 12.3. The molecule has 1 amide bonds. The number of nitrogens with one attached hydrogen (secondary N) is 1. The van der Waals surface area contributed by atoms with Crippen molar-refractivity contribution in [2.75, 3.05) is 14.2 Å². The van der Waals surface area contributed by atoms with Crippen molar-refractivity contribution in [3.05, 3.63) is 59.7 Å². The van der Waals surface area contributed by atoms with Gasteiger partial charge in [0.05, 0.1) is 19.9 Å². The maximum Gasteiger partial charge on any atom is 0.264 e. The monoisotopic (exact) mass is 340 g/mol. The third-order valence-corrected chi connectivity index (χ3v) is 4.01. The molecule has 25 heavy (non-hydrogen) atoms. The smallest absolute Gasteiger partial charge is 0.264 e. The Labute approximate surface area is 146 Å². The van der Waals surface area contributed by atoms with Gasteiger partial charge in [-0.1, -0.05) is 17.3 Å². The molecule has 130 valence electrons. The SMILES string of the molecule is COc1ccc(CNC(=O)[C@@H]2CC(c3ccc(OC)cc3)=NO2)cc1. The molecule has 0 saturated carbocycles. The first-order valence-electron chi connectivity index (χ1n) is 7.97. The number of hydrogen-bond donors (Lipinski definition) is 1. The van der Waals surface area contributed by atoms with E-state index in [2.05, 4.69) is 10.5 Å². The quantitative estimate of drug-likeness (QED) is 0.877. The first kappa shape index (κ1) is 16.8. The number of ether oxygens (including phenoxy) is 2. The van der Waals surface area contributed by atoms with Crippen LogP contribution in [0.25, 0.3) is 0 Å². The van der Waals surface area contributed by atoms with Gasteiger partial charge in [0.1, 0.15) is 11.5 Å². The van der Waals surface area contributed by atoms with Crippen molar-refractivity contribution in [1.82, 2.24) is 5.32 Å². The molecule has 1 atom stereocenters. The molecule has 0 spiro atoms. The zero-order valence-electron chi connectivity index (χ0n) is 14.2. The fourth-order valence-corrected chi connectivity index (χ4v) is 2.52. The van der Waals surface area contributed by atoms with E-state index in [0.717, 1.165) is 28.3 Å². The number of oxime groups is 1. The first-order chi connectivity index (χ1) is 12.2. The molecule has 1 N–H and O–H groups in total. The van der Waals surface area contributed by atoms with E-state index in [9.17, 15) is 4.79 Å². The van der Waals surface area contributed by atoms with E-state index in [1.807, 2.05) is 48.5 Å². The minimum Gasteiger partial charge on any atom is -0.497 e. The molecule has 0 aromatic heterocycles. The van der Waals surface area contributed by atoms with E-state index in [4.69, 9.17) is 14.3 Å². The molecule has 6 heteroatoms. The number of methoxy groups -OCH3 is 2. The Bertz CT molecular complexity index is 754. The standard InChI is InChI=1S/C19H20N2O4/c1-23-15-7-3-13(4-8-15)12-20-19(22)18-11-17(21-25-18)14-5-9-16(24-2)10-6-14/h3-10,18H,11-12H2,1-2H3,(H,20,22)/t18-/m0/s1. The Hall–Kier alpha value is -3.02. The second kappa shape index (κ2) is 7.70. The molecule has 1 aliphatic heterocycles. The third kappa shape index (κ3) is 4.09. The molecule has 0 fully saturated rings. The van der Waals surface area contributed by atoms with Gasteiger partial charge >= 0.3 is 0 Å². The molecule has 0 saturated heterocycles. The summed E-state index contributed by atoms with van der Waals surface area (Å²) >= 11 is 0. The predicted molar refractivity (Wildman–Crippen MR) is 93.9 cm³/mol. The summed E-state index contributed by atoms with van der Waals surface area (Å²) in [5, 5.41) is 6.91. The van der Waals surface area contributed by atoms with Crippen LogP contribution in [0.15, 0.2) is 53.7 Å². The van der Waals surface area contributed by atoms with Crippen molar-refractivity contribution in [3.63, 3.8) is 0 Å². The van der Waals surface area contributed by atoms with E-state index in [0.29, 0.717) is 13.0 Å². The Morgan fingerprint density at radius 1 is 1.08 bits per heavy atom. The lowest BCUT2D eigenvalue weighted by Crippen LogP contribution is -2.34. The van der Waals surface area contributed by atoms with Crippen LogP contribution in [0, 0.1) is 0 Å². The number of nitrogens with zero attached hydrogens (tertiary/aromatic N) is 1. The van der Waals surface area contributed by atoms with Crippen LogP contribution in [0.1, 0.15) is 17.5 Å². The average molecular weight is 340 g/mol. The predicted octanol–water partition coefficient (Wildman–Crippen LogP) is 2.51. The van der Waals surface area contributed by atoms with Gasteiger partial charge in [0.25, 0.3) is 5.91 Å². The largest absolute Gasteiger partial charge is 0.497 e. The molecular weight excluding hydrogens is 320 g/mol. The first-order valence-corrected chi connectivity index (χ1v) is 7.97. The molecular formula is C19H20N2O4. The number of hydrogen-bond acceptors (Lipinski definition) is 5. The van der Waals surface area contributed by atoms with Gasteiger partial charge < -0.3 is 19.6 Å². The Kier molecular flexibility index (Phi) is 5.18. The van der Waals surface area contributed by atoms with Crippen molar-refractivity contribution in [2.24, 2.45) is 5.16 Å². The molecule has 0 aliphatic carbocycles. The highest BCUT2D eigenvalue weighted by Crippen LogP contribution is 2.19. The highest BCUT2D eigenvalue weighted by atomic mass is 16.6. The van der Waals surface area contributed by atoms with Gasteiger partial charge in [0, 0.05) is 13.0 Å². The number of carbonyl (C=O) groups is 1. The zero-order valence-corrected chi connectivity index (χ0v) is 14.2. The summed E-state index contributed by atoms with van der Waals surface area (Å²) in [4.78, 5) is 17.6. The molecule has 0 unspecified atom stereocenters. The van der Waals surface area contributed by atoms with Crippen LogP contribution >= 0.6 is 0 Å². The van der Waals surface area contributed by atoms with Crippen molar-refractivity contribution in [3.8, 4) is 11.5 Å². The Morgan fingerprint density at radius 3 is 2.28 bits per heavy atom. The van der Waals surface area contributed by atoms with Gasteiger partial charge in [-0.3, -0.25) is 4.79 Å². The lowest BCUT2D eigenvalue weighted by molar-refractivity contribution is -0.131. The van der Waals surface area contributed by atoms with Gasteiger partial charge in [-0.15, -0.1) is 0 Å². The molecule has 1 aliphatic rings. The van der Waals surface area contributed by atoms with E-state index >= 15 is 0 Å². The zero-order chi connectivity index (χ0) is 17.6. The van der Waals surface area contributed by atoms with E-state index in [1.165, 1.54) is 0 Å². The molecule has 2 aromatic rings. The van der Waals surface area contributed by atoms with Crippen LogP contribution < -0.4 is 14.8 Å². The summed E-state index contributed by atoms with van der Waals surface area (Å²) in [5.41, 5.74) is 2.67. The number of carbonyl (C=O) groups excluding carboxylic acids is 1. The van der Waals surface area contributed by atoms with Crippen LogP contribution in [0.2, 0.25) is 0 Å². The summed E-state index contributed by atoms with van der Waals surface area (Å²) in [7, 11) is 3.24. The summed E-state index contributed by atoms with van der Waals surface area (Å²) in [6.07, 6.45) is -0.156. The molecule has 1 heterocycles. The van der Waals surface area contributed by atoms with Gasteiger partial charge in [0.2, 0.25) is 6.10 Å². The van der Waals surface area contributed by atoms with Gasteiger partial charge in [0.15, 0.2) is 0 Å². The number of amides is 1. The van der Waals surface area contributed by atoms with Gasteiger partial charge in [-0.05, 0) is 47.5 Å². The third-order valence-electron chi connectivity index (χ3n) is 4.01. The lowest BCUT2D eigenvalue weighted by Gasteiger charge is -2.10. The van der Waals surface area contributed by atoms with Crippen LogP contribution in [0.4, 0.5) is 0 Å². The fraction of sp³-hybridized carbons (Fsp3) is 0.263. The highest BCUT2D eigenvalue weighted by Gasteiger charge is 2.28. The van der Waals surface area contributed by atoms with Crippen LogP contribution in [0.3, 0.4) is 0 Å². The van der Waals surface area contributed by atoms with Crippen LogP contribution in [-0.2, 0) is 16.2 Å². The minimum atomic E-state index is -0.602. The van der Waals surface area contributed by atoms with Crippen LogP contribution in [0.5, 0.6) is 11.5 Å². The summed E-state index contributed by atoms with van der Waals surface area (Å²) < 4.78 is 10.3. The van der Waals surface area contributed by atoms with Crippen molar-refractivity contribution >= 4 is 11.6 Å². The van der Waals surface area contributed by atoms with Gasteiger partial charge in [-0.2, -0.15) is 0 Å². The normalized spacial score (nSPS) is 15.9. The van der Waals surface area contributed by atoms with Crippen molar-refractivity contribution < 1.29 is 19.1 Å². The summed E-state index contributed by atoms with van der Waals surface area (Å²) in [6.45, 7) is 0.431. The second-order valence-corrected chi connectivity index (χ2v) is 5.63. The number of benzene rings is 2. The van der Waals surface area contributed by atoms with E-state index in [-0.39, 0.29) is 5.91 Å². The lowest BCUT2D eigenvalue weighted by atomic mass is 10.0. The Morgan fingerprint density at radius 2 is 1.68 bits per heavy atom. The second-order valence-electron chi connectivity index (χ2n) is 5.63. The molecule has 6 nitrogen and oxygen atoms in total. The van der Waals surface area contributed by atoms with E-state index < -0.39 is 6.10 Å². The Balaban J connectivity index is 1.52. The maximum absolute atomic E-state index is 12.3. The van der Waals surface area contributed by atoms with Crippen molar-refractivity contribution in [2.45, 2.75) is 19.1 Å². The molecule has 3 rings (SSSR count). The summed E-state index contributed by atoms with van der Waals surface area (Å²) in [6, 6.07) is 15.1. The summed E-state index contributed by atoms with van der Waals surface area (Å²) in [5.74, 6) is 1.38. The van der Waals surface area contributed by atoms with E-state index in [1.54, 1.807) is 14.2 Å². The van der Waals surface area contributed by atoms with Crippen molar-refractivity contribution in [1.29, 1.82) is 0 Å². The highest BCUT2D eigenvalue weighted by molar-refractivity contribution is 6.04. The molecule has 0 radical (unpaired) electrons. The molecule has 0 bridgehead atoms. The van der Waals surface area contributed by atoms with Crippen LogP contribution in [-0.4, -0.2) is 31.9 Å². The molecule has 2 aromatic carbocycles. The fourth-order valence-electron chi connectivity index (χ4n) is 2.52. The van der Waals surface area contributed by atoms with Gasteiger partial charge in [-0.25, -0.2) is 0 Å².